The minimum Gasteiger partial charge on any atom is -0.508 e. The average Bonchev–Trinajstić information content (AvgIpc) is 2.97. The van der Waals surface area contributed by atoms with E-state index in [9.17, 15) is 23.1 Å². The Balaban J connectivity index is 0.000000878. The highest BCUT2D eigenvalue weighted by Crippen LogP contribution is 2.35. The monoisotopic (exact) mass is 410 g/mol. The summed E-state index contributed by atoms with van der Waals surface area (Å²) in [5, 5.41) is 12.7. The van der Waals surface area contributed by atoms with Crippen LogP contribution in [0.2, 0.25) is 0 Å². The Kier molecular flexibility index (Phi) is 7.22. The molecule has 1 heterocycles. The van der Waals surface area contributed by atoms with Crippen LogP contribution in [0.1, 0.15) is 17.5 Å². The van der Waals surface area contributed by atoms with E-state index in [1.165, 1.54) is 19.2 Å². The zero-order valence-electron chi connectivity index (χ0n) is 14.8. The van der Waals surface area contributed by atoms with E-state index in [0.717, 1.165) is 46.8 Å². The van der Waals surface area contributed by atoms with Crippen molar-refractivity contribution in [3.05, 3.63) is 64.7 Å². The van der Waals surface area contributed by atoms with Crippen molar-refractivity contribution in [1.29, 1.82) is 0 Å². The molecule has 28 heavy (non-hydrogen) atoms. The van der Waals surface area contributed by atoms with Crippen LogP contribution in [0.25, 0.3) is 10.9 Å². The maximum Gasteiger partial charge on any atom is 0.416 e. The summed E-state index contributed by atoms with van der Waals surface area (Å²) in [4.78, 5) is 19.6. The molecule has 9 heteroatoms. The van der Waals surface area contributed by atoms with Crippen molar-refractivity contribution in [3.63, 3.8) is 0 Å². The summed E-state index contributed by atoms with van der Waals surface area (Å²) in [6, 6.07) is 9.93. The van der Waals surface area contributed by atoms with Gasteiger partial charge in [-0.25, -0.2) is 0 Å². The lowest BCUT2D eigenvalue weighted by Crippen LogP contribution is -2.04. The van der Waals surface area contributed by atoms with E-state index in [1.54, 1.807) is 28.4 Å². The maximum atomic E-state index is 12.9. The molecule has 0 radical (unpaired) electrons. The molecular weight excluding hydrogens is 393 g/mol. The van der Waals surface area contributed by atoms with Crippen molar-refractivity contribution in [2.24, 2.45) is 5.18 Å². The number of aromatic hydroxyl groups is 1. The number of phenols is 1. The number of phenolic OH excluding ortho intramolecular Hbond substituents is 1. The number of nitroso groups, excluding NO2 is 1. The quantitative estimate of drug-likeness (QED) is 0.449. The number of hydrogen-bond donors (Lipinski definition) is 1. The average molecular weight is 410 g/mol. The number of aryl methyl sites for hydroxylation is 1. The number of rotatable bonds is 5. The smallest absolute Gasteiger partial charge is 0.416 e. The van der Waals surface area contributed by atoms with Gasteiger partial charge in [0, 0.05) is 22.9 Å². The van der Waals surface area contributed by atoms with Crippen molar-refractivity contribution in [3.8, 4) is 5.75 Å². The van der Waals surface area contributed by atoms with Gasteiger partial charge in [0.25, 0.3) is 0 Å². The first-order valence-corrected chi connectivity index (χ1v) is 8.91. The lowest BCUT2D eigenvalue weighted by atomic mass is 10.1. The summed E-state index contributed by atoms with van der Waals surface area (Å²) in [7, 11) is 1.19. The molecule has 0 saturated heterocycles. The predicted molar refractivity (Wildman–Crippen MR) is 102 cm³/mol. The van der Waals surface area contributed by atoms with Gasteiger partial charge >= 0.3 is 6.18 Å². The number of nitrogens with zero attached hydrogens (tertiary/aromatic N) is 2. The Bertz CT molecular complexity index is 971. The first-order valence-electron chi connectivity index (χ1n) is 8.13. The van der Waals surface area contributed by atoms with Gasteiger partial charge in [-0.15, -0.1) is 0 Å². The molecule has 3 rings (SSSR count). The van der Waals surface area contributed by atoms with Gasteiger partial charge in [0.05, 0.1) is 18.1 Å². The van der Waals surface area contributed by atoms with Crippen LogP contribution in [-0.2, 0) is 17.4 Å². The predicted octanol–water partition coefficient (Wildman–Crippen LogP) is 5.44. The van der Waals surface area contributed by atoms with E-state index in [2.05, 4.69) is 5.18 Å². The molecule has 0 amide bonds. The summed E-state index contributed by atoms with van der Waals surface area (Å²) < 4.78 is 40.4. The van der Waals surface area contributed by atoms with Gasteiger partial charge in [-0.2, -0.15) is 18.1 Å². The fraction of sp³-hybridized carbons (Fsp3) is 0.211. The Labute approximate surface area is 163 Å². The second kappa shape index (κ2) is 9.41. The summed E-state index contributed by atoms with van der Waals surface area (Å²) in [6.07, 6.45) is -0.955. The zero-order valence-corrected chi connectivity index (χ0v) is 15.6. The molecule has 148 valence electrons. The minimum atomic E-state index is -4.39. The molecule has 0 aliphatic carbocycles. The van der Waals surface area contributed by atoms with Crippen LogP contribution in [0.3, 0.4) is 0 Å². The fourth-order valence-electron chi connectivity index (χ4n) is 2.59. The van der Waals surface area contributed by atoms with Gasteiger partial charge < -0.3 is 9.90 Å². The van der Waals surface area contributed by atoms with Crippen molar-refractivity contribution >= 4 is 29.1 Å². The second-order valence-corrected chi connectivity index (χ2v) is 6.73. The highest BCUT2D eigenvalue weighted by molar-refractivity contribution is 7.98. The van der Waals surface area contributed by atoms with Crippen molar-refractivity contribution in [2.45, 2.75) is 23.9 Å². The van der Waals surface area contributed by atoms with Gasteiger partial charge in [-0.1, -0.05) is 11.2 Å². The Morgan fingerprint density at radius 3 is 2.57 bits per heavy atom. The molecular formula is C19H17F3N2O3S. The van der Waals surface area contributed by atoms with Crippen LogP contribution in [0.4, 0.5) is 13.2 Å². The van der Waals surface area contributed by atoms with Crippen LogP contribution in [0, 0.1) is 4.91 Å². The van der Waals surface area contributed by atoms with Crippen LogP contribution in [-0.4, -0.2) is 22.4 Å². The summed E-state index contributed by atoms with van der Waals surface area (Å²) >= 11 is 1.15. The number of carbonyl (C=O) groups is 1. The van der Waals surface area contributed by atoms with Crippen molar-refractivity contribution in [1.82, 2.24) is 3.97 Å². The van der Waals surface area contributed by atoms with Gasteiger partial charge in [-0.3, -0.25) is 3.97 Å². The lowest BCUT2D eigenvalue weighted by Gasteiger charge is -2.09. The van der Waals surface area contributed by atoms with Crippen LogP contribution >= 0.6 is 11.9 Å². The molecule has 0 aliphatic heterocycles. The molecule has 0 saturated carbocycles. The minimum absolute atomic E-state index is 0.0988. The number of carbonyl (C=O) groups excluding carboxylic acids is 1. The molecule has 1 aromatic heterocycles. The molecule has 0 aliphatic rings. The number of aromatic nitrogens is 1. The number of halogens is 3. The van der Waals surface area contributed by atoms with Gasteiger partial charge in [0.15, 0.2) is 0 Å². The van der Waals surface area contributed by atoms with E-state index in [-0.39, 0.29) is 5.75 Å². The van der Waals surface area contributed by atoms with Gasteiger partial charge in [-0.05, 0) is 60.3 Å². The number of alkyl halides is 3. The zero-order chi connectivity index (χ0) is 20.7. The van der Waals surface area contributed by atoms with Crippen LogP contribution in [0.5, 0.6) is 5.75 Å². The van der Waals surface area contributed by atoms with Crippen molar-refractivity contribution < 1.29 is 23.1 Å². The standard InChI is InChI=1S/C18H14F3NO2S.CH3NO/c19-18(20,21)13-4-1-5-15(9-13)25-22-11-12(3-2-8-23)16-10-14(24)6-7-17(16)22;1-2-3/h1,4-11,24H,2-3H2;1H3. The summed E-state index contributed by atoms with van der Waals surface area (Å²) in [5.41, 5.74) is 0.923. The Morgan fingerprint density at radius 1 is 1.21 bits per heavy atom. The number of fused-ring (bicyclic) bond motifs is 1. The highest BCUT2D eigenvalue weighted by Gasteiger charge is 2.30. The normalized spacial score (nSPS) is 11.0. The van der Waals surface area contributed by atoms with E-state index in [4.69, 9.17) is 4.91 Å². The van der Waals surface area contributed by atoms with E-state index in [0.29, 0.717) is 17.7 Å². The molecule has 0 bridgehead atoms. The molecule has 0 unspecified atom stereocenters. The van der Waals surface area contributed by atoms with Gasteiger partial charge in [0.1, 0.15) is 12.0 Å². The first-order chi connectivity index (χ1) is 13.3. The Hall–Kier alpha value is -2.81. The Morgan fingerprint density at radius 2 is 1.93 bits per heavy atom. The molecule has 1 N–H and O–H groups in total. The first kappa shape index (κ1) is 21.5. The van der Waals surface area contributed by atoms with E-state index in [1.807, 2.05) is 0 Å². The summed E-state index contributed by atoms with van der Waals surface area (Å²) in [5.74, 6) is 0.0988. The number of aldehydes is 1. The SMILES string of the molecule is CN=O.O=CCCc1cn(Sc2cccc(C(F)(F)F)c2)c2ccc(O)cc12. The molecule has 2 aromatic carbocycles. The number of hydrogen-bond acceptors (Lipinski definition) is 5. The fourth-order valence-corrected chi connectivity index (χ4v) is 3.57. The van der Waals surface area contributed by atoms with Gasteiger partial charge in [0.2, 0.25) is 0 Å². The van der Waals surface area contributed by atoms with Crippen LogP contribution < -0.4 is 0 Å². The largest absolute Gasteiger partial charge is 0.508 e. The molecule has 3 aromatic rings. The topological polar surface area (TPSA) is 71.7 Å². The van der Waals surface area contributed by atoms with Crippen molar-refractivity contribution in [2.75, 3.05) is 7.05 Å². The highest BCUT2D eigenvalue weighted by atomic mass is 32.2. The lowest BCUT2D eigenvalue weighted by molar-refractivity contribution is -0.137. The molecule has 0 fully saturated rings. The summed E-state index contributed by atoms with van der Waals surface area (Å²) in [6.45, 7) is 0. The molecule has 5 nitrogen and oxygen atoms in total. The molecule has 0 spiro atoms. The molecule has 0 atom stereocenters. The maximum absolute atomic E-state index is 12.9. The third kappa shape index (κ3) is 5.35. The van der Waals surface area contributed by atoms with Crippen LogP contribution in [0.15, 0.2) is 58.7 Å². The third-order valence-electron chi connectivity index (χ3n) is 3.73. The number of benzene rings is 2. The second-order valence-electron chi connectivity index (χ2n) is 5.69. The van der Waals surface area contributed by atoms with E-state index >= 15 is 0 Å². The van der Waals surface area contributed by atoms with E-state index < -0.39 is 11.7 Å². The third-order valence-corrected chi connectivity index (χ3v) is 4.70.